The number of benzene rings is 2. The van der Waals surface area contributed by atoms with Crippen LogP contribution in [0.25, 0.3) is 0 Å². The maximum Gasteiger partial charge on any atom is 0.102 e. The number of amidine groups is 1. The first-order valence-electron chi connectivity index (χ1n) is 10.2. The molecular formula is C24H30N2. The first-order chi connectivity index (χ1) is 12.8. The highest BCUT2D eigenvalue weighted by Crippen LogP contribution is 2.34. The Labute approximate surface area is 158 Å². The number of rotatable bonds is 4. The van der Waals surface area contributed by atoms with Crippen LogP contribution in [0.15, 0.2) is 59.6 Å². The monoisotopic (exact) mass is 346 g/mol. The Hall–Kier alpha value is -2.09. The third-order valence-electron chi connectivity index (χ3n) is 6.09. The molecule has 0 N–H and O–H groups in total. The second-order valence-electron chi connectivity index (χ2n) is 7.96. The summed E-state index contributed by atoms with van der Waals surface area (Å²) in [6, 6.07) is 19.7. The summed E-state index contributed by atoms with van der Waals surface area (Å²) in [6.07, 6.45) is 9.51. The lowest BCUT2D eigenvalue weighted by Crippen LogP contribution is -2.26. The molecule has 4 rings (SSSR count). The Bertz CT molecular complexity index is 744. The first kappa shape index (κ1) is 17.3. The minimum atomic E-state index is 0.124. The Kier molecular flexibility index (Phi) is 5.38. The molecule has 1 saturated carbocycles. The van der Waals surface area contributed by atoms with Gasteiger partial charge in [-0.1, -0.05) is 86.7 Å². The molecule has 0 bridgehead atoms. The van der Waals surface area contributed by atoms with Crippen LogP contribution in [0.2, 0.25) is 0 Å². The predicted octanol–water partition coefficient (Wildman–Crippen LogP) is 5.98. The molecule has 0 aromatic heterocycles. The third-order valence-corrected chi connectivity index (χ3v) is 6.09. The molecule has 2 aromatic carbocycles. The fraction of sp³-hybridized carbons (Fsp3) is 0.458. The second-order valence-corrected chi connectivity index (χ2v) is 7.96. The molecule has 26 heavy (non-hydrogen) atoms. The van der Waals surface area contributed by atoms with E-state index in [-0.39, 0.29) is 6.04 Å². The lowest BCUT2D eigenvalue weighted by molar-refractivity contribution is 0.339. The normalized spacial score (nSPS) is 21.0. The number of aliphatic imine (C=N–C) groups is 1. The molecule has 1 atom stereocenters. The molecule has 2 nitrogen and oxygen atoms in total. The number of nitrogens with zero attached hydrogens (tertiary/aromatic N) is 2. The summed E-state index contributed by atoms with van der Waals surface area (Å²) in [5, 5.41) is 0. The highest BCUT2D eigenvalue weighted by atomic mass is 15.2. The zero-order valence-corrected chi connectivity index (χ0v) is 15.9. The molecule has 2 aromatic rings. The molecule has 136 valence electrons. The van der Waals surface area contributed by atoms with Crippen molar-refractivity contribution in [3.8, 4) is 0 Å². The Morgan fingerprint density at radius 2 is 1.65 bits per heavy atom. The molecular weight excluding hydrogens is 316 g/mol. The van der Waals surface area contributed by atoms with Crippen molar-refractivity contribution in [2.24, 2.45) is 10.9 Å². The van der Waals surface area contributed by atoms with Gasteiger partial charge in [-0.3, -0.25) is 4.99 Å². The van der Waals surface area contributed by atoms with E-state index in [0.717, 1.165) is 18.9 Å². The molecule has 0 saturated heterocycles. The van der Waals surface area contributed by atoms with E-state index in [1.807, 2.05) is 0 Å². The van der Waals surface area contributed by atoms with Crippen molar-refractivity contribution in [3.63, 3.8) is 0 Å². The van der Waals surface area contributed by atoms with Gasteiger partial charge in [0.1, 0.15) is 11.9 Å². The molecule has 1 aliphatic heterocycles. The number of hydrogen-bond donors (Lipinski definition) is 0. The van der Waals surface area contributed by atoms with Crippen LogP contribution in [-0.2, 0) is 6.54 Å². The predicted molar refractivity (Wildman–Crippen MR) is 109 cm³/mol. The Morgan fingerprint density at radius 3 is 2.46 bits per heavy atom. The lowest BCUT2D eigenvalue weighted by Gasteiger charge is -2.25. The van der Waals surface area contributed by atoms with E-state index in [0.29, 0.717) is 0 Å². The zero-order chi connectivity index (χ0) is 17.8. The van der Waals surface area contributed by atoms with Gasteiger partial charge in [-0.05, 0) is 29.0 Å². The molecule has 1 fully saturated rings. The van der Waals surface area contributed by atoms with Crippen LogP contribution in [0.5, 0.6) is 0 Å². The maximum atomic E-state index is 5.30. The van der Waals surface area contributed by atoms with Gasteiger partial charge in [0, 0.05) is 20.0 Å². The SMILES string of the molecule is CN1Cc2ccccc2C(c2ccccc2)N=C1CCC1CCCCC1. The average molecular weight is 347 g/mol. The molecule has 2 aliphatic rings. The van der Waals surface area contributed by atoms with Crippen molar-refractivity contribution >= 4 is 5.84 Å². The summed E-state index contributed by atoms with van der Waals surface area (Å²) in [4.78, 5) is 7.67. The van der Waals surface area contributed by atoms with Crippen LogP contribution < -0.4 is 0 Å². The minimum absolute atomic E-state index is 0.124. The van der Waals surface area contributed by atoms with Crippen molar-refractivity contribution in [2.45, 2.75) is 57.5 Å². The number of fused-ring (bicyclic) bond motifs is 1. The maximum absolute atomic E-state index is 5.30. The van der Waals surface area contributed by atoms with E-state index in [2.05, 4.69) is 66.5 Å². The van der Waals surface area contributed by atoms with Gasteiger partial charge < -0.3 is 4.90 Å². The third kappa shape index (κ3) is 3.85. The van der Waals surface area contributed by atoms with Gasteiger partial charge in [-0.15, -0.1) is 0 Å². The second kappa shape index (κ2) is 8.07. The van der Waals surface area contributed by atoms with Crippen LogP contribution in [0.4, 0.5) is 0 Å². The summed E-state index contributed by atoms with van der Waals surface area (Å²) in [5.74, 6) is 2.18. The summed E-state index contributed by atoms with van der Waals surface area (Å²) >= 11 is 0. The molecule has 2 heteroatoms. The molecule has 1 heterocycles. The van der Waals surface area contributed by atoms with Crippen LogP contribution in [-0.4, -0.2) is 17.8 Å². The largest absolute Gasteiger partial charge is 0.359 e. The number of hydrogen-bond acceptors (Lipinski definition) is 2. The lowest BCUT2D eigenvalue weighted by atomic mass is 9.86. The van der Waals surface area contributed by atoms with Gasteiger partial charge >= 0.3 is 0 Å². The van der Waals surface area contributed by atoms with Crippen molar-refractivity contribution in [1.29, 1.82) is 0 Å². The van der Waals surface area contributed by atoms with E-state index in [1.54, 1.807) is 0 Å². The van der Waals surface area contributed by atoms with Gasteiger partial charge in [0.25, 0.3) is 0 Å². The summed E-state index contributed by atoms with van der Waals surface area (Å²) < 4.78 is 0. The fourth-order valence-corrected chi connectivity index (χ4v) is 4.56. The zero-order valence-electron chi connectivity index (χ0n) is 15.9. The Balaban J connectivity index is 1.62. The summed E-state index contributed by atoms with van der Waals surface area (Å²) in [5.41, 5.74) is 4.06. The van der Waals surface area contributed by atoms with Crippen LogP contribution in [0, 0.1) is 5.92 Å². The van der Waals surface area contributed by atoms with Gasteiger partial charge in [-0.2, -0.15) is 0 Å². The molecule has 0 radical (unpaired) electrons. The van der Waals surface area contributed by atoms with Crippen molar-refractivity contribution in [3.05, 3.63) is 71.3 Å². The van der Waals surface area contributed by atoms with Gasteiger partial charge in [-0.25, -0.2) is 0 Å². The summed E-state index contributed by atoms with van der Waals surface area (Å²) in [7, 11) is 2.21. The molecule has 0 amide bonds. The van der Waals surface area contributed by atoms with Crippen LogP contribution in [0.1, 0.15) is 67.7 Å². The topological polar surface area (TPSA) is 15.6 Å². The van der Waals surface area contributed by atoms with Crippen LogP contribution in [0.3, 0.4) is 0 Å². The van der Waals surface area contributed by atoms with Crippen molar-refractivity contribution in [2.75, 3.05) is 7.05 Å². The van der Waals surface area contributed by atoms with E-state index in [4.69, 9.17) is 4.99 Å². The van der Waals surface area contributed by atoms with Crippen molar-refractivity contribution in [1.82, 2.24) is 4.90 Å². The van der Waals surface area contributed by atoms with E-state index < -0.39 is 0 Å². The quantitative estimate of drug-likeness (QED) is 0.665. The van der Waals surface area contributed by atoms with Gasteiger partial charge in [0.05, 0.1) is 0 Å². The Morgan fingerprint density at radius 1 is 0.923 bits per heavy atom. The smallest absolute Gasteiger partial charge is 0.102 e. The van der Waals surface area contributed by atoms with E-state index in [9.17, 15) is 0 Å². The van der Waals surface area contributed by atoms with Gasteiger partial charge in [0.15, 0.2) is 0 Å². The fourth-order valence-electron chi connectivity index (χ4n) is 4.56. The van der Waals surface area contributed by atoms with Crippen molar-refractivity contribution < 1.29 is 0 Å². The average Bonchev–Trinajstić information content (AvgIpc) is 2.84. The standard InChI is InChI=1S/C24H30N2/c1-26-18-21-14-8-9-15-22(21)24(20-12-6-3-7-13-20)25-23(26)17-16-19-10-4-2-5-11-19/h3,6-9,12-15,19,24H,2,4-5,10-11,16-18H2,1H3. The minimum Gasteiger partial charge on any atom is -0.359 e. The molecule has 1 unspecified atom stereocenters. The first-order valence-corrected chi connectivity index (χ1v) is 10.2. The van der Waals surface area contributed by atoms with Crippen LogP contribution >= 0.6 is 0 Å². The summed E-state index contributed by atoms with van der Waals surface area (Å²) in [6.45, 7) is 0.961. The molecule has 1 aliphatic carbocycles. The van der Waals surface area contributed by atoms with Gasteiger partial charge in [0.2, 0.25) is 0 Å². The highest BCUT2D eigenvalue weighted by Gasteiger charge is 2.24. The van der Waals surface area contributed by atoms with E-state index >= 15 is 0 Å². The van der Waals surface area contributed by atoms with E-state index in [1.165, 1.54) is 61.1 Å². The molecule has 0 spiro atoms. The highest BCUT2D eigenvalue weighted by molar-refractivity contribution is 5.83.